The standard InChI is InChI=1S/C17H24N2O2/c1-11-6-12(2)8-13(7-11)14(18-5)10-19-15(20)9-17(3,4)16(19)21/h6-8,14,18H,9-10H2,1-5H3. The highest BCUT2D eigenvalue weighted by Crippen LogP contribution is 2.32. The van der Waals surface area contributed by atoms with Crippen LogP contribution < -0.4 is 5.32 Å². The van der Waals surface area contributed by atoms with E-state index >= 15 is 0 Å². The number of nitrogens with zero attached hydrogens (tertiary/aromatic N) is 1. The maximum absolute atomic E-state index is 12.3. The lowest BCUT2D eigenvalue weighted by molar-refractivity contribution is -0.141. The number of likely N-dealkylation sites (N-methyl/N-ethyl adjacent to an activating group) is 1. The minimum absolute atomic E-state index is 0.0367. The van der Waals surface area contributed by atoms with Crippen molar-refractivity contribution in [2.45, 2.75) is 40.2 Å². The van der Waals surface area contributed by atoms with Gasteiger partial charge in [0.1, 0.15) is 0 Å². The summed E-state index contributed by atoms with van der Waals surface area (Å²) in [7, 11) is 1.86. The lowest BCUT2D eigenvalue weighted by Gasteiger charge is -2.24. The van der Waals surface area contributed by atoms with E-state index in [1.807, 2.05) is 20.9 Å². The van der Waals surface area contributed by atoms with Crippen molar-refractivity contribution in [2.75, 3.05) is 13.6 Å². The summed E-state index contributed by atoms with van der Waals surface area (Å²) in [5, 5.41) is 3.22. The number of hydrogen-bond donors (Lipinski definition) is 1. The molecule has 0 aromatic heterocycles. The summed E-state index contributed by atoms with van der Waals surface area (Å²) in [4.78, 5) is 25.8. The third-order valence-corrected chi connectivity index (χ3v) is 4.08. The second kappa shape index (κ2) is 5.60. The Morgan fingerprint density at radius 1 is 1.19 bits per heavy atom. The first-order chi connectivity index (χ1) is 9.74. The van der Waals surface area contributed by atoms with Gasteiger partial charge in [0.05, 0.1) is 11.5 Å². The molecule has 2 amide bonds. The molecule has 1 heterocycles. The quantitative estimate of drug-likeness (QED) is 0.865. The second-order valence-electron chi connectivity index (χ2n) is 6.63. The molecule has 1 aromatic rings. The molecule has 1 N–H and O–H groups in total. The first-order valence-electron chi connectivity index (χ1n) is 7.35. The first kappa shape index (κ1) is 15.7. The van der Waals surface area contributed by atoms with E-state index in [4.69, 9.17) is 0 Å². The van der Waals surface area contributed by atoms with Crippen molar-refractivity contribution in [2.24, 2.45) is 5.41 Å². The van der Waals surface area contributed by atoms with Gasteiger partial charge in [-0.05, 0) is 26.5 Å². The number of hydrogen-bond acceptors (Lipinski definition) is 3. The van der Waals surface area contributed by atoms with Gasteiger partial charge in [0.15, 0.2) is 0 Å². The van der Waals surface area contributed by atoms with Crippen LogP contribution in [0.15, 0.2) is 18.2 Å². The Kier molecular flexibility index (Phi) is 4.19. The number of carbonyl (C=O) groups excluding carboxylic acids is 2. The molecule has 21 heavy (non-hydrogen) atoms. The van der Waals surface area contributed by atoms with Gasteiger partial charge in [-0.3, -0.25) is 14.5 Å². The average Bonchev–Trinajstić information content (AvgIpc) is 2.55. The van der Waals surface area contributed by atoms with Crippen molar-refractivity contribution in [3.63, 3.8) is 0 Å². The second-order valence-corrected chi connectivity index (χ2v) is 6.63. The van der Waals surface area contributed by atoms with Crippen LogP contribution in [0.5, 0.6) is 0 Å². The average molecular weight is 288 g/mol. The number of carbonyl (C=O) groups is 2. The lowest BCUT2D eigenvalue weighted by atomic mass is 9.92. The number of amides is 2. The van der Waals surface area contributed by atoms with E-state index in [0.29, 0.717) is 13.0 Å². The van der Waals surface area contributed by atoms with Gasteiger partial charge in [-0.1, -0.05) is 43.2 Å². The Labute approximate surface area is 126 Å². The largest absolute Gasteiger partial charge is 0.312 e. The van der Waals surface area contributed by atoms with Gasteiger partial charge < -0.3 is 5.32 Å². The molecule has 0 aliphatic carbocycles. The van der Waals surface area contributed by atoms with Crippen LogP contribution in [0.25, 0.3) is 0 Å². The molecule has 1 aromatic carbocycles. The summed E-state index contributed by atoms with van der Waals surface area (Å²) in [5.74, 6) is -0.147. The third-order valence-electron chi connectivity index (χ3n) is 4.08. The first-order valence-corrected chi connectivity index (χ1v) is 7.35. The Bertz CT molecular complexity index is 558. The number of imide groups is 1. The highest BCUT2D eigenvalue weighted by Gasteiger charge is 2.45. The fourth-order valence-electron chi connectivity index (χ4n) is 2.97. The Balaban J connectivity index is 2.24. The van der Waals surface area contributed by atoms with Gasteiger partial charge in [0.25, 0.3) is 0 Å². The highest BCUT2D eigenvalue weighted by molar-refractivity contribution is 6.05. The molecule has 4 heteroatoms. The summed E-state index contributed by atoms with van der Waals surface area (Å²) in [5.41, 5.74) is 2.91. The molecule has 4 nitrogen and oxygen atoms in total. The van der Waals surface area contributed by atoms with Crippen molar-refractivity contribution < 1.29 is 9.59 Å². The lowest BCUT2D eigenvalue weighted by Crippen LogP contribution is -2.39. The Hall–Kier alpha value is -1.68. The molecule has 1 fully saturated rings. The summed E-state index contributed by atoms with van der Waals surface area (Å²) in [6.07, 6.45) is 0.301. The molecule has 1 aliphatic heterocycles. The number of nitrogens with one attached hydrogen (secondary N) is 1. The van der Waals surface area contributed by atoms with Gasteiger partial charge in [-0.25, -0.2) is 0 Å². The van der Waals surface area contributed by atoms with E-state index in [0.717, 1.165) is 5.56 Å². The zero-order valence-corrected chi connectivity index (χ0v) is 13.5. The molecule has 2 rings (SSSR count). The normalized spacial score (nSPS) is 19.2. The van der Waals surface area contributed by atoms with Crippen LogP contribution in [-0.2, 0) is 9.59 Å². The summed E-state index contributed by atoms with van der Waals surface area (Å²) >= 11 is 0. The summed E-state index contributed by atoms with van der Waals surface area (Å²) < 4.78 is 0. The molecule has 0 spiro atoms. The number of aryl methyl sites for hydroxylation is 2. The number of rotatable bonds is 4. The zero-order chi connectivity index (χ0) is 15.8. The fourth-order valence-corrected chi connectivity index (χ4v) is 2.97. The smallest absolute Gasteiger partial charge is 0.235 e. The predicted octanol–water partition coefficient (Wildman–Crippen LogP) is 2.35. The third kappa shape index (κ3) is 3.16. The van der Waals surface area contributed by atoms with Crippen molar-refractivity contribution >= 4 is 11.8 Å². The predicted molar refractivity (Wildman–Crippen MR) is 82.8 cm³/mol. The molecule has 1 saturated heterocycles. The Morgan fingerprint density at radius 2 is 1.76 bits per heavy atom. The molecule has 1 aliphatic rings. The zero-order valence-electron chi connectivity index (χ0n) is 13.5. The van der Waals surface area contributed by atoms with Gasteiger partial charge in [0, 0.05) is 13.0 Å². The van der Waals surface area contributed by atoms with Gasteiger partial charge in [0.2, 0.25) is 11.8 Å². The minimum atomic E-state index is -0.572. The molecule has 0 radical (unpaired) electrons. The van der Waals surface area contributed by atoms with Crippen LogP contribution in [-0.4, -0.2) is 30.3 Å². The molecule has 0 saturated carbocycles. The summed E-state index contributed by atoms with van der Waals surface area (Å²) in [6.45, 7) is 8.16. The SMILES string of the molecule is CNC(CN1C(=O)CC(C)(C)C1=O)c1cc(C)cc(C)c1. The fraction of sp³-hybridized carbons (Fsp3) is 0.529. The van der Waals surface area contributed by atoms with E-state index < -0.39 is 5.41 Å². The molecule has 1 unspecified atom stereocenters. The monoisotopic (exact) mass is 288 g/mol. The summed E-state index contributed by atoms with van der Waals surface area (Å²) in [6, 6.07) is 6.28. The molecular formula is C17H24N2O2. The maximum Gasteiger partial charge on any atom is 0.235 e. The van der Waals surface area contributed by atoms with Crippen LogP contribution >= 0.6 is 0 Å². The van der Waals surface area contributed by atoms with Gasteiger partial charge >= 0.3 is 0 Å². The molecule has 0 bridgehead atoms. The topological polar surface area (TPSA) is 49.4 Å². The van der Waals surface area contributed by atoms with E-state index in [1.165, 1.54) is 16.0 Å². The van der Waals surface area contributed by atoms with Crippen LogP contribution in [0, 0.1) is 19.3 Å². The van der Waals surface area contributed by atoms with Crippen LogP contribution in [0.3, 0.4) is 0 Å². The van der Waals surface area contributed by atoms with E-state index in [-0.39, 0.29) is 17.9 Å². The van der Waals surface area contributed by atoms with Gasteiger partial charge in [-0.15, -0.1) is 0 Å². The van der Waals surface area contributed by atoms with Crippen molar-refractivity contribution in [3.8, 4) is 0 Å². The van der Waals surface area contributed by atoms with Crippen molar-refractivity contribution in [1.82, 2.24) is 10.2 Å². The highest BCUT2D eigenvalue weighted by atomic mass is 16.2. The van der Waals surface area contributed by atoms with E-state index in [2.05, 4.69) is 37.4 Å². The van der Waals surface area contributed by atoms with E-state index in [9.17, 15) is 9.59 Å². The molecule has 1 atom stereocenters. The molecular weight excluding hydrogens is 264 g/mol. The van der Waals surface area contributed by atoms with Crippen LogP contribution in [0.4, 0.5) is 0 Å². The van der Waals surface area contributed by atoms with Crippen molar-refractivity contribution in [1.29, 1.82) is 0 Å². The van der Waals surface area contributed by atoms with E-state index in [1.54, 1.807) is 0 Å². The maximum atomic E-state index is 12.3. The molecule has 114 valence electrons. The number of benzene rings is 1. The van der Waals surface area contributed by atoms with Gasteiger partial charge in [-0.2, -0.15) is 0 Å². The van der Waals surface area contributed by atoms with Crippen molar-refractivity contribution in [3.05, 3.63) is 34.9 Å². The Morgan fingerprint density at radius 3 is 2.19 bits per heavy atom. The van der Waals surface area contributed by atoms with Crippen LogP contribution in [0.2, 0.25) is 0 Å². The minimum Gasteiger partial charge on any atom is -0.312 e. The number of likely N-dealkylation sites (tertiary alicyclic amines) is 1. The van der Waals surface area contributed by atoms with Crippen LogP contribution in [0.1, 0.15) is 43.0 Å².